The van der Waals surface area contributed by atoms with Gasteiger partial charge >= 0.3 is 0 Å². The van der Waals surface area contributed by atoms with Crippen LogP contribution in [0.2, 0.25) is 5.02 Å². The lowest BCUT2D eigenvalue weighted by Gasteiger charge is -2.37. The highest BCUT2D eigenvalue weighted by molar-refractivity contribution is 6.30. The summed E-state index contributed by atoms with van der Waals surface area (Å²) < 4.78 is 5.92. The second-order valence-corrected chi connectivity index (χ2v) is 6.68. The van der Waals surface area contributed by atoms with Gasteiger partial charge in [-0.3, -0.25) is 4.79 Å². The zero-order valence-corrected chi connectivity index (χ0v) is 13.1. The maximum absolute atomic E-state index is 12.9. The van der Waals surface area contributed by atoms with Gasteiger partial charge in [0.25, 0.3) is 5.91 Å². The molecule has 1 aromatic rings. The molecule has 2 unspecified atom stereocenters. The zero-order valence-electron chi connectivity index (χ0n) is 12.4. The second-order valence-electron chi connectivity index (χ2n) is 6.24. The van der Waals surface area contributed by atoms with Gasteiger partial charge in [0.15, 0.2) is 5.60 Å². The molecule has 1 fully saturated rings. The van der Waals surface area contributed by atoms with E-state index >= 15 is 0 Å². The number of fused-ring (bicyclic) bond motifs is 2. The van der Waals surface area contributed by atoms with E-state index in [1.807, 2.05) is 18.7 Å². The lowest BCUT2D eigenvalue weighted by molar-refractivity contribution is -0.148. The Morgan fingerprint density at radius 3 is 2.67 bits per heavy atom. The number of hydrogen-bond donors (Lipinski definition) is 0. The summed E-state index contributed by atoms with van der Waals surface area (Å²) >= 11 is 5.88. The minimum Gasteiger partial charge on any atom is -0.478 e. The molecular weight excluding hydrogens is 286 g/mol. The molecule has 2 aliphatic heterocycles. The smallest absolute Gasteiger partial charge is 0.266 e. The van der Waals surface area contributed by atoms with Crippen LogP contribution < -0.4 is 4.74 Å². The van der Waals surface area contributed by atoms with E-state index in [-0.39, 0.29) is 11.9 Å². The molecule has 4 heteroatoms. The van der Waals surface area contributed by atoms with E-state index in [0.29, 0.717) is 16.8 Å². The van der Waals surface area contributed by atoms with E-state index in [0.717, 1.165) is 19.3 Å². The molecule has 0 spiro atoms. The first-order valence-corrected chi connectivity index (χ1v) is 7.79. The van der Waals surface area contributed by atoms with E-state index in [1.165, 1.54) is 0 Å². The molecule has 0 aliphatic carbocycles. The summed E-state index contributed by atoms with van der Waals surface area (Å²) in [5.74, 6) is 0.729. The van der Waals surface area contributed by atoms with E-state index in [4.69, 9.17) is 16.3 Å². The van der Waals surface area contributed by atoms with Crippen LogP contribution in [0.5, 0.6) is 5.75 Å². The predicted molar refractivity (Wildman–Crippen MR) is 83.6 cm³/mol. The normalized spacial score (nSPS) is 24.2. The SMILES string of the molecule is CC(C)(Oc1ccc(Cl)cc1)C(=O)N1C2C=CCC1CC2. The Bertz CT molecular complexity index is 565. The first-order chi connectivity index (χ1) is 9.97. The van der Waals surface area contributed by atoms with E-state index in [9.17, 15) is 4.79 Å². The summed E-state index contributed by atoms with van der Waals surface area (Å²) in [6.07, 6.45) is 7.45. The first kappa shape index (κ1) is 14.5. The Balaban J connectivity index is 1.76. The Morgan fingerprint density at radius 2 is 2.00 bits per heavy atom. The lowest BCUT2D eigenvalue weighted by Crippen LogP contribution is -2.53. The number of halogens is 1. The second kappa shape index (κ2) is 5.38. The van der Waals surface area contributed by atoms with Crippen molar-refractivity contribution < 1.29 is 9.53 Å². The topological polar surface area (TPSA) is 29.5 Å². The van der Waals surface area contributed by atoms with Crippen molar-refractivity contribution in [1.82, 2.24) is 4.90 Å². The fraction of sp³-hybridized carbons (Fsp3) is 0.471. The molecule has 112 valence electrons. The van der Waals surface area contributed by atoms with Crippen LogP contribution in [-0.4, -0.2) is 28.5 Å². The molecule has 2 heterocycles. The van der Waals surface area contributed by atoms with Gasteiger partial charge in [-0.05, 0) is 57.4 Å². The van der Waals surface area contributed by atoms with Crippen LogP contribution in [0, 0.1) is 0 Å². The Hall–Kier alpha value is -1.48. The quantitative estimate of drug-likeness (QED) is 0.795. The molecule has 1 saturated heterocycles. The van der Waals surface area contributed by atoms with Crippen LogP contribution in [0.4, 0.5) is 0 Å². The molecular formula is C17H20ClNO2. The molecule has 21 heavy (non-hydrogen) atoms. The number of amides is 1. The highest BCUT2D eigenvalue weighted by Crippen LogP contribution is 2.34. The van der Waals surface area contributed by atoms with E-state index in [2.05, 4.69) is 12.2 Å². The molecule has 0 aromatic heterocycles. The lowest BCUT2D eigenvalue weighted by atomic mass is 10.0. The summed E-state index contributed by atoms with van der Waals surface area (Å²) in [7, 11) is 0. The van der Waals surface area contributed by atoms with Gasteiger partial charge in [0, 0.05) is 11.1 Å². The van der Waals surface area contributed by atoms with Gasteiger partial charge in [0.1, 0.15) is 5.75 Å². The van der Waals surface area contributed by atoms with E-state index < -0.39 is 5.60 Å². The average Bonchev–Trinajstić information content (AvgIpc) is 2.69. The summed E-state index contributed by atoms with van der Waals surface area (Å²) in [5, 5.41) is 0.658. The number of benzene rings is 1. The molecule has 1 amide bonds. The average molecular weight is 306 g/mol. The molecule has 2 atom stereocenters. The molecule has 1 aromatic carbocycles. The van der Waals surface area contributed by atoms with Crippen LogP contribution >= 0.6 is 11.6 Å². The minimum absolute atomic E-state index is 0.0642. The van der Waals surface area contributed by atoms with Crippen LogP contribution in [0.3, 0.4) is 0 Å². The van der Waals surface area contributed by atoms with Gasteiger partial charge in [0.2, 0.25) is 0 Å². The highest BCUT2D eigenvalue weighted by atomic mass is 35.5. The van der Waals surface area contributed by atoms with Crippen molar-refractivity contribution in [2.45, 2.75) is 50.8 Å². The predicted octanol–water partition coefficient (Wildman–Crippen LogP) is 3.82. The maximum Gasteiger partial charge on any atom is 0.266 e. The number of ether oxygens (including phenoxy) is 1. The van der Waals surface area contributed by atoms with Crippen molar-refractivity contribution in [3.05, 3.63) is 41.4 Å². The summed E-state index contributed by atoms with van der Waals surface area (Å²) in [6.45, 7) is 3.67. The van der Waals surface area contributed by atoms with Crippen molar-refractivity contribution in [1.29, 1.82) is 0 Å². The molecule has 2 bridgehead atoms. The molecule has 0 radical (unpaired) electrons. The minimum atomic E-state index is -0.875. The summed E-state index contributed by atoms with van der Waals surface area (Å²) in [6, 6.07) is 7.70. The van der Waals surface area contributed by atoms with Crippen LogP contribution in [0.25, 0.3) is 0 Å². The van der Waals surface area contributed by atoms with Crippen molar-refractivity contribution in [2.75, 3.05) is 0 Å². The van der Waals surface area contributed by atoms with E-state index in [1.54, 1.807) is 24.3 Å². The largest absolute Gasteiger partial charge is 0.478 e. The molecule has 2 aliphatic rings. The third-order valence-electron chi connectivity index (χ3n) is 4.25. The zero-order chi connectivity index (χ0) is 15.0. The van der Waals surface area contributed by atoms with Gasteiger partial charge < -0.3 is 9.64 Å². The van der Waals surface area contributed by atoms with Gasteiger partial charge in [-0.15, -0.1) is 0 Å². The third kappa shape index (κ3) is 2.80. The van der Waals surface area contributed by atoms with Crippen molar-refractivity contribution in [3.63, 3.8) is 0 Å². The fourth-order valence-corrected chi connectivity index (χ4v) is 3.32. The van der Waals surface area contributed by atoms with Crippen LogP contribution in [0.15, 0.2) is 36.4 Å². The number of carbonyl (C=O) groups excluding carboxylic acids is 1. The molecule has 0 saturated carbocycles. The van der Waals surface area contributed by atoms with Crippen LogP contribution in [0.1, 0.15) is 33.1 Å². The monoisotopic (exact) mass is 305 g/mol. The van der Waals surface area contributed by atoms with Gasteiger partial charge in [-0.2, -0.15) is 0 Å². The fourth-order valence-electron chi connectivity index (χ4n) is 3.19. The highest BCUT2D eigenvalue weighted by Gasteiger charge is 2.44. The van der Waals surface area contributed by atoms with Crippen LogP contribution in [-0.2, 0) is 4.79 Å². The third-order valence-corrected chi connectivity index (χ3v) is 4.50. The number of hydrogen-bond acceptors (Lipinski definition) is 2. The van der Waals surface area contributed by atoms with Gasteiger partial charge in [-0.1, -0.05) is 23.8 Å². The van der Waals surface area contributed by atoms with Crippen molar-refractivity contribution in [2.24, 2.45) is 0 Å². The number of nitrogens with zero attached hydrogens (tertiary/aromatic N) is 1. The number of carbonyl (C=O) groups is 1. The molecule has 3 nitrogen and oxygen atoms in total. The molecule has 3 rings (SSSR count). The van der Waals surface area contributed by atoms with Crippen molar-refractivity contribution in [3.8, 4) is 5.75 Å². The Labute approximate surface area is 130 Å². The van der Waals surface area contributed by atoms with Gasteiger partial charge in [-0.25, -0.2) is 0 Å². The standard InChI is InChI=1S/C17H20ClNO2/c1-17(2,21-15-10-6-12(18)7-11-15)16(20)19-13-4-3-5-14(19)9-8-13/h3-4,6-7,10-11,13-14H,5,8-9H2,1-2H3. The van der Waals surface area contributed by atoms with Gasteiger partial charge in [0.05, 0.1) is 6.04 Å². The Kier molecular flexibility index (Phi) is 3.70. The summed E-state index contributed by atoms with van der Waals surface area (Å²) in [4.78, 5) is 14.9. The van der Waals surface area contributed by atoms with Crippen molar-refractivity contribution >= 4 is 17.5 Å². The maximum atomic E-state index is 12.9. The number of rotatable bonds is 3. The molecule has 0 N–H and O–H groups in total. The Morgan fingerprint density at radius 1 is 1.29 bits per heavy atom. The first-order valence-electron chi connectivity index (χ1n) is 7.41. The summed E-state index contributed by atoms with van der Waals surface area (Å²) in [5.41, 5.74) is -0.875.